The third-order valence-electron chi connectivity index (χ3n) is 6.02. The molecule has 0 radical (unpaired) electrons. The van der Waals surface area contributed by atoms with E-state index < -0.39 is 17.8 Å². The van der Waals surface area contributed by atoms with Gasteiger partial charge in [-0.3, -0.25) is 19.2 Å². The fraction of sp³-hybridized carbons (Fsp3) is 0.320. The number of carbonyl (C=O) groups excluding carboxylic acids is 5. The molecule has 1 atom stereocenters. The van der Waals surface area contributed by atoms with Gasteiger partial charge in [0.25, 0.3) is 17.7 Å². The highest BCUT2D eigenvalue weighted by atomic mass is 16.5. The SMILES string of the molecule is CC(=O)Nc1ccc(N2C(=O)c3ccc(C(=O)OCC(=O)N4CCCCC4C)cc3C2=O)cc1. The fourth-order valence-corrected chi connectivity index (χ4v) is 4.26. The van der Waals surface area contributed by atoms with Crippen molar-refractivity contribution >= 4 is 41.0 Å². The number of benzene rings is 2. The van der Waals surface area contributed by atoms with Crippen LogP contribution in [0.2, 0.25) is 0 Å². The molecule has 4 amide bonds. The largest absolute Gasteiger partial charge is 0.452 e. The molecule has 4 rings (SSSR count). The highest BCUT2D eigenvalue weighted by molar-refractivity contribution is 6.34. The highest BCUT2D eigenvalue weighted by Gasteiger charge is 2.37. The number of piperidine rings is 1. The Labute approximate surface area is 196 Å². The van der Waals surface area contributed by atoms with E-state index in [0.29, 0.717) is 17.9 Å². The maximum atomic E-state index is 13.0. The van der Waals surface area contributed by atoms with E-state index in [-0.39, 0.29) is 41.2 Å². The van der Waals surface area contributed by atoms with Gasteiger partial charge >= 0.3 is 5.97 Å². The van der Waals surface area contributed by atoms with E-state index in [1.807, 2.05) is 6.92 Å². The van der Waals surface area contributed by atoms with E-state index >= 15 is 0 Å². The lowest BCUT2D eigenvalue weighted by Crippen LogP contribution is -2.44. The molecule has 0 aliphatic carbocycles. The van der Waals surface area contributed by atoms with E-state index in [4.69, 9.17) is 4.74 Å². The van der Waals surface area contributed by atoms with Crippen LogP contribution in [0.4, 0.5) is 11.4 Å². The standard InChI is InChI=1S/C25H25N3O6/c1-15-5-3-4-12-27(15)22(30)14-34-25(33)17-6-11-20-21(13-17)24(32)28(23(20)31)19-9-7-18(8-10-19)26-16(2)29/h6-11,13,15H,3-5,12,14H2,1-2H3,(H,26,29). The number of fused-ring (bicyclic) bond motifs is 1. The maximum absolute atomic E-state index is 13.0. The quantitative estimate of drug-likeness (QED) is 0.539. The van der Waals surface area contributed by atoms with Crippen molar-refractivity contribution in [3.05, 3.63) is 59.2 Å². The van der Waals surface area contributed by atoms with E-state index in [9.17, 15) is 24.0 Å². The summed E-state index contributed by atoms with van der Waals surface area (Å²) < 4.78 is 5.20. The van der Waals surface area contributed by atoms with Gasteiger partial charge in [-0.2, -0.15) is 0 Å². The maximum Gasteiger partial charge on any atom is 0.338 e. The van der Waals surface area contributed by atoms with Gasteiger partial charge in [-0.15, -0.1) is 0 Å². The number of anilines is 2. The van der Waals surface area contributed by atoms with Crippen LogP contribution >= 0.6 is 0 Å². The fourth-order valence-electron chi connectivity index (χ4n) is 4.26. The molecule has 0 spiro atoms. The van der Waals surface area contributed by atoms with Crippen LogP contribution in [0.5, 0.6) is 0 Å². The third kappa shape index (κ3) is 4.54. The highest BCUT2D eigenvalue weighted by Crippen LogP contribution is 2.30. The first-order valence-electron chi connectivity index (χ1n) is 11.1. The lowest BCUT2D eigenvalue weighted by atomic mass is 10.0. The number of esters is 1. The van der Waals surface area contributed by atoms with E-state index in [1.165, 1.54) is 25.1 Å². The molecule has 1 unspecified atom stereocenters. The Hall–Kier alpha value is -4.01. The molecular weight excluding hydrogens is 438 g/mol. The molecule has 0 saturated carbocycles. The Balaban J connectivity index is 1.46. The summed E-state index contributed by atoms with van der Waals surface area (Å²) >= 11 is 0. The van der Waals surface area contributed by atoms with E-state index in [1.54, 1.807) is 29.2 Å². The lowest BCUT2D eigenvalue weighted by Gasteiger charge is -2.33. The van der Waals surface area contributed by atoms with Crippen LogP contribution < -0.4 is 10.2 Å². The number of nitrogens with zero attached hydrogens (tertiary/aromatic N) is 2. The van der Waals surface area contributed by atoms with Gasteiger partial charge in [0.2, 0.25) is 5.91 Å². The van der Waals surface area contributed by atoms with Gasteiger partial charge in [0.1, 0.15) is 0 Å². The topological polar surface area (TPSA) is 113 Å². The van der Waals surface area contributed by atoms with Gasteiger partial charge < -0.3 is 15.0 Å². The Morgan fingerprint density at radius 3 is 2.38 bits per heavy atom. The van der Waals surface area contributed by atoms with Crippen LogP contribution in [0.1, 0.15) is 64.2 Å². The van der Waals surface area contributed by atoms with Crippen molar-refractivity contribution in [2.75, 3.05) is 23.4 Å². The molecule has 1 N–H and O–H groups in total. The van der Waals surface area contributed by atoms with Crippen LogP contribution in [0, 0.1) is 0 Å². The molecule has 2 aromatic carbocycles. The minimum Gasteiger partial charge on any atom is -0.452 e. The van der Waals surface area contributed by atoms with Crippen molar-refractivity contribution in [2.24, 2.45) is 0 Å². The molecule has 0 aromatic heterocycles. The molecule has 9 heteroatoms. The second-order valence-electron chi connectivity index (χ2n) is 8.44. The normalized spacial score (nSPS) is 17.4. The van der Waals surface area contributed by atoms with Gasteiger partial charge in [0.05, 0.1) is 22.4 Å². The lowest BCUT2D eigenvalue weighted by molar-refractivity contribution is -0.137. The van der Waals surface area contributed by atoms with Gasteiger partial charge in [-0.1, -0.05) is 0 Å². The Morgan fingerprint density at radius 2 is 1.71 bits per heavy atom. The van der Waals surface area contributed by atoms with Crippen molar-refractivity contribution in [1.82, 2.24) is 4.90 Å². The summed E-state index contributed by atoms with van der Waals surface area (Å²) in [5, 5.41) is 2.62. The number of imide groups is 1. The summed E-state index contributed by atoms with van der Waals surface area (Å²) in [4.78, 5) is 64.7. The molecule has 2 aromatic rings. The minimum atomic E-state index is -0.737. The summed E-state index contributed by atoms with van der Waals surface area (Å²) in [6.45, 7) is 3.63. The smallest absolute Gasteiger partial charge is 0.338 e. The number of ether oxygens (including phenoxy) is 1. The molecule has 0 bridgehead atoms. The summed E-state index contributed by atoms with van der Waals surface area (Å²) in [6.07, 6.45) is 2.92. The molecule has 2 aliphatic rings. The summed E-state index contributed by atoms with van der Waals surface area (Å²) in [5.74, 6) is -2.30. The summed E-state index contributed by atoms with van der Waals surface area (Å²) in [7, 11) is 0. The van der Waals surface area contributed by atoms with E-state index in [0.717, 1.165) is 24.2 Å². The van der Waals surface area contributed by atoms with Gasteiger partial charge in [0, 0.05) is 25.2 Å². The van der Waals surface area contributed by atoms with Crippen molar-refractivity contribution in [1.29, 1.82) is 0 Å². The summed E-state index contributed by atoms with van der Waals surface area (Å²) in [5.41, 5.74) is 1.21. The number of carbonyl (C=O) groups is 5. The Morgan fingerprint density at radius 1 is 1.00 bits per heavy atom. The average molecular weight is 463 g/mol. The monoisotopic (exact) mass is 463 g/mol. The molecule has 9 nitrogen and oxygen atoms in total. The van der Waals surface area contributed by atoms with Gasteiger partial charge in [-0.05, 0) is 68.7 Å². The van der Waals surface area contributed by atoms with Crippen LogP contribution in [0.15, 0.2) is 42.5 Å². The first kappa shape index (κ1) is 23.2. The van der Waals surface area contributed by atoms with Crippen LogP contribution in [0.3, 0.4) is 0 Å². The Kier molecular flexibility index (Phi) is 6.45. The first-order chi connectivity index (χ1) is 16.3. The average Bonchev–Trinajstić information content (AvgIpc) is 3.07. The molecule has 1 saturated heterocycles. The first-order valence-corrected chi connectivity index (χ1v) is 11.1. The molecule has 2 heterocycles. The molecule has 2 aliphatic heterocycles. The number of amides is 4. The van der Waals surface area contributed by atoms with E-state index in [2.05, 4.69) is 5.32 Å². The predicted octanol–water partition coefficient (Wildman–Crippen LogP) is 3.00. The van der Waals surface area contributed by atoms with Crippen LogP contribution in [-0.2, 0) is 14.3 Å². The second kappa shape index (κ2) is 9.46. The number of hydrogen-bond donors (Lipinski definition) is 1. The third-order valence-corrected chi connectivity index (χ3v) is 6.02. The molecule has 34 heavy (non-hydrogen) atoms. The molecule has 1 fully saturated rings. The predicted molar refractivity (Wildman–Crippen MR) is 124 cm³/mol. The summed E-state index contributed by atoms with van der Waals surface area (Å²) in [6, 6.07) is 10.5. The van der Waals surface area contributed by atoms with Crippen molar-refractivity contribution < 1.29 is 28.7 Å². The van der Waals surface area contributed by atoms with Crippen molar-refractivity contribution in [3.63, 3.8) is 0 Å². The van der Waals surface area contributed by atoms with Crippen molar-refractivity contribution in [3.8, 4) is 0 Å². The Bertz CT molecular complexity index is 1170. The zero-order valence-electron chi connectivity index (χ0n) is 19.0. The second-order valence-corrected chi connectivity index (χ2v) is 8.44. The number of hydrogen-bond acceptors (Lipinski definition) is 6. The zero-order valence-corrected chi connectivity index (χ0v) is 19.0. The van der Waals surface area contributed by atoms with Gasteiger partial charge in [-0.25, -0.2) is 9.69 Å². The molecule has 176 valence electrons. The van der Waals surface area contributed by atoms with Gasteiger partial charge in [0.15, 0.2) is 6.61 Å². The zero-order chi connectivity index (χ0) is 24.4. The number of nitrogens with one attached hydrogen (secondary N) is 1. The minimum absolute atomic E-state index is 0.0846. The molecular formula is C25H25N3O6. The van der Waals surface area contributed by atoms with Crippen LogP contribution in [-0.4, -0.2) is 53.7 Å². The number of likely N-dealkylation sites (tertiary alicyclic amines) is 1. The van der Waals surface area contributed by atoms with Crippen LogP contribution in [0.25, 0.3) is 0 Å². The number of rotatable bonds is 5. The van der Waals surface area contributed by atoms with Crippen molar-refractivity contribution in [2.45, 2.75) is 39.2 Å².